The summed E-state index contributed by atoms with van der Waals surface area (Å²) in [5.74, 6) is -2.41. The second-order valence-electron chi connectivity index (χ2n) is 3.07. The van der Waals surface area contributed by atoms with Crippen molar-refractivity contribution in [2.24, 2.45) is 0 Å². The summed E-state index contributed by atoms with van der Waals surface area (Å²) in [6.07, 6.45) is 1.17. The number of hydrogen-bond donors (Lipinski definition) is 1. The fourth-order valence-electron chi connectivity index (χ4n) is 1.11. The molecule has 0 bridgehead atoms. The normalized spacial score (nSPS) is 11.4. The van der Waals surface area contributed by atoms with Crippen molar-refractivity contribution in [3.05, 3.63) is 42.2 Å². The van der Waals surface area contributed by atoms with Crippen molar-refractivity contribution >= 4 is 15.8 Å². The highest BCUT2D eigenvalue weighted by Gasteiger charge is 2.17. The first-order valence-corrected chi connectivity index (χ1v) is 5.85. The van der Waals surface area contributed by atoms with Gasteiger partial charge in [-0.15, -0.1) is 0 Å². The molecular weight excluding hydrogens is 254 g/mol. The van der Waals surface area contributed by atoms with Crippen LogP contribution in [0.2, 0.25) is 0 Å². The Morgan fingerprint density at radius 1 is 1.18 bits per heavy atom. The van der Waals surface area contributed by atoms with E-state index >= 15 is 0 Å². The van der Waals surface area contributed by atoms with Gasteiger partial charge in [0.15, 0.2) is 17.5 Å². The van der Waals surface area contributed by atoms with Gasteiger partial charge in [-0.05, 0) is 18.2 Å². The van der Waals surface area contributed by atoms with Crippen molar-refractivity contribution in [3.63, 3.8) is 0 Å². The van der Waals surface area contributed by atoms with Gasteiger partial charge in [0.05, 0.1) is 4.90 Å². The van der Waals surface area contributed by atoms with E-state index in [1.54, 1.807) is 0 Å². The van der Waals surface area contributed by atoms with Crippen LogP contribution >= 0.6 is 0 Å². The molecular formula is C9H6F2N2O3S. The van der Waals surface area contributed by atoms with Crippen LogP contribution in [-0.2, 0) is 10.0 Å². The van der Waals surface area contributed by atoms with Gasteiger partial charge < -0.3 is 4.52 Å². The smallest absolute Gasteiger partial charge is 0.263 e. The van der Waals surface area contributed by atoms with Gasteiger partial charge in [-0.25, -0.2) is 17.2 Å². The average Bonchev–Trinajstić information content (AvgIpc) is 2.73. The molecule has 0 atom stereocenters. The molecule has 8 heteroatoms. The monoisotopic (exact) mass is 260 g/mol. The second-order valence-corrected chi connectivity index (χ2v) is 4.75. The second kappa shape index (κ2) is 4.13. The Kier molecular flexibility index (Phi) is 2.80. The number of nitrogens with zero attached hydrogens (tertiary/aromatic N) is 1. The third kappa shape index (κ3) is 2.41. The van der Waals surface area contributed by atoms with Crippen LogP contribution in [0, 0.1) is 11.6 Å². The van der Waals surface area contributed by atoms with Gasteiger partial charge in [-0.1, -0.05) is 5.16 Å². The van der Waals surface area contributed by atoms with Crippen LogP contribution in [0.4, 0.5) is 14.6 Å². The third-order valence-electron chi connectivity index (χ3n) is 1.88. The number of sulfonamides is 1. The molecule has 1 aromatic heterocycles. The van der Waals surface area contributed by atoms with Crippen molar-refractivity contribution in [3.8, 4) is 0 Å². The number of nitrogens with one attached hydrogen (secondary N) is 1. The Labute approximate surface area is 95.1 Å². The van der Waals surface area contributed by atoms with Crippen molar-refractivity contribution in [2.45, 2.75) is 4.90 Å². The maximum atomic E-state index is 12.9. The van der Waals surface area contributed by atoms with Crippen molar-refractivity contribution in [1.29, 1.82) is 0 Å². The van der Waals surface area contributed by atoms with Crippen LogP contribution in [0.5, 0.6) is 0 Å². The molecule has 17 heavy (non-hydrogen) atoms. The fourth-order valence-corrected chi connectivity index (χ4v) is 2.11. The zero-order valence-electron chi connectivity index (χ0n) is 8.22. The summed E-state index contributed by atoms with van der Waals surface area (Å²) in [7, 11) is -4.00. The van der Waals surface area contributed by atoms with Gasteiger partial charge in [0.25, 0.3) is 10.0 Å². The Morgan fingerprint density at radius 3 is 2.53 bits per heavy atom. The highest BCUT2D eigenvalue weighted by atomic mass is 32.2. The Morgan fingerprint density at radius 2 is 1.94 bits per heavy atom. The molecule has 0 amide bonds. The van der Waals surface area contributed by atoms with Crippen LogP contribution in [0.15, 0.2) is 39.9 Å². The number of benzene rings is 1. The highest BCUT2D eigenvalue weighted by molar-refractivity contribution is 7.92. The molecule has 0 aliphatic heterocycles. The number of anilines is 1. The van der Waals surface area contributed by atoms with Gasteiger partial charge in [0.2, 0.25) is 0 Å². The molecule has 90 valence electrons. The standard InChI is InChI=1S/C9H6F2N2O3S/c10-7-2-1-6(5-8(7)11)17(14,15)13-9-3-4-16-12-9/h1-5H,(H,12,13). The summed E-state index contributed by atoms with van der Waals surface area (Å²) < 4.78 is 55.4. The van der Waals surface area contributed by atoms with Gasteiger partial charge in [0, 0.05) is 6.07 Å². The van der Waals surface area contributed by atoms with E-state index in [9.17, 15) is 17.2 Å². The molecule has 5 nitrogen and oxygen atoms in total. The van der Waals surface area contributed by atoms with Crippen LogP contribution in [-0.4, -0.2) is 13.6 Å². The lowest BCUT2D eigenvalue weighted by molar-refractivity contribution is 0.423. The highest BCUT2D eigenvalue weighted by Crippen LogP contribution is 2.16. The number of hydrogen-bond acceptors (Lipinski definition) is 4. The number of halogens is 2. The predicted molar refractivity (Wildman–Crippen MR) is 53.7 cm³/mol. The molecule has 1 N–H and O–H groups in total. The lowest BCUT2D eigenvalue weighted by atomic mass is 10.3. The summed E-state index contributed by atoms with van der Waals surface area (Å²) in [4.78, 5) is -0.403. The molecule has 0 aliphatic rings. The van der Waals surface area contributed by atoms with Gasteiger partial charge in [-0.3, -0.25) is 4.72 Å². The molecule has 1 aromatic carbocycles. The Hall–Kier alpha value is -1.96. The number of rotatable bonds is 3. The lowest BCUT2D eigenvalue weighted by Crippen LogP contribution is -2.13. The van der Waals surface area contributed by atoms with E-state index in [2.05, 4.69) is 9.68 Å². The van der Waals surface area contributed by atoms with Gasteiger partial charge in [0.1, 0.15) is 6.26 Å². The maximum Gasteiger partial charge on any atom is 0.263 e. The first kappa shape index (κ1) is 11.5. The average molecular weight is 260 g/mol. The maximum absolute atomic E-state index is 12.9. The molecule has 0 unspecified atom stereocenters. The topological polar surface area (TPSA) is 72.2 Å². The molecule has 2 rings (SSSR count). The van der Waals surface area contributed by atoms with E-state index in [0.717, 1.165) is 12.1 Å². The van der Waals surface area contributed by atoms with Crippen LogP contribution in [0.3, 0.4) is 0 Å². The van der Waals surface area contributed by atoms with E-state index in [-0.39, 0.29) is 5.82 Å². The largest absolute Gasteiger partial charge is 0.363 e. The van der Waals surface area contributed by atoms with Crippen LogP contribution in [0.25, 0.3) is 0 Å². The van der Waals surface area contributed by atoms with E-state index in [1.807, 2.05) is 4.72 Å². The molecule has 0 aliphatic carbocycles. The fraction of sp³-hybridized carbons (Fsp3) is 0. The quantitative estimate of drug-likeness (QED) is 0.912. The molecule has 1 heterocycles. The first-order valence-electron chi connectivity index (χ1n) is 4.37. The van der Waals surface area contributed by atoms with Crippen LogP contribution < -0.4 is 4.72 Å². The zero-order chi connectivity index (χ0) is 12.5. The lowest BCUT2D eigenvalue weighted by Gasteiger charge is -2.04. The van der Waals surface area contributed by atoms with Crippen molar-refractivity contribution in [2.75, 3.05) is 4.72 Å². The minimum Gasteiger partial charge on any atom is -0.363 e. The van der Waals surface area contributed by atoms with E-state index in [1.165, 1.54) is 12.3 Å². The van der Waals surface area contributed by atoms with E-state index in [0.29, 0.717) is 6.07 Å². The third-order valence-corrected chi connectivity index (χ3v) is 3.23. The predicted octanol–water partition coefficient (Wildman–Crippen LogP) is 1.75. The Balaban J connectivity index is 2.35. The summed E-state index contributed by atoms with van der Waals surface area (Å²) in [5.41, 5.74) is 0. The van der Waals surface area contributed by atoms with Crippen molar-refractivity contribution in [1.82, 2.24) is 5.16 Å². The molecule has 0 spiro atoms. The minimum absolute atomic E-state index is 0.0465. The number of aromatic nitrogens is 1. The van der Waals surface area contributed by atoms with E-state index in [4.69, 9.17) is 0 Å². The zero-order valence-corrected chi connectivity index (χ0v) is 9.04. The van der Waals surface area contributed by atoms with Gasteiger partial charge >= 0.3 is 0 Å². The summed E-state index contributed by atoms with van der Waals surface area (Å²) >= 11 is 0. The van der Waals surface area contributed by atoms with Gasteiger partial charge in [-0.2, -0.15) is 0 Å². The van der Waals surface area contributed by atoms with Crippen molar-refractivity contribution < 1.29 is 21.7 Å². The summed E-state index contributed by atoms with van der Waals surface area (Å²) in [6, 6.07) is 3.53. The van der Waals surface area contributed by atoms with Crippen LogP contribution in [0.1, 0.15) is 0 Å². The molecule has 0 saturated heterocycles. The molecule has 0 saturated carbocycles. The molecule has 0 radical (unpaired) electrons. The first-order chi connectivity index (χ1) is 7.99. The Bertz CT molecular complexity index is 626. The summed E-state index contributed by atoms with van der Waals surface area (Å²) in [6.45, 7) is 0. The minimum atomic E-state index is -4.00. The summed E-state index contributed by atoms with van der Waals surface area (Å²) in [5, 5.41) is 3.33. The molecule has 2 aromatic rings. The molecule has 0 fully saturated rings. The SMILES string of the molecule is O=S(=O)(Nc1ccon1)c1ccc(F)c(F)c1. The van der Waals surface area contributed by atoms with E-state index < -0.39 is 26.6 Å².